The SMILES string of the molecule is CCCCOC(=O)NC(CSCc1cccc(C(F)(F)F)n1)C(=O)O. The second kappa shape index (κ2) is 10.1. The number of nitrogens with one attached hydrogen (secondary N) is 1. The van der Waals surface area contributed by atoms with Crippen LogP contribution in [0.2, 0.25) is 0 Å². The van der Waals surface area contributed by atoms with Crippen LogP contribution in [0.5, 0.6) is 0 Å². The Balaban J connectivity index is 2.50. The molecule has 10 heteroatoms. The monoisotopic (exact) mass is 380 g/mol. The summed E-state index contributed by atoms with van der Waals surface area (Å²) in [5.74, 6) is -1.20. The van der Waals surface area contributed by atoms with Crippen molar-refractivity contribution in [2.24, 2.45) is 0 Å². The number of carbonyl (C=O) groups excluding carboxylic acids is 1. The minimum atomic E-state index is -4.53. The predicted octanol–water partition coefficient (Wildman–Crippen LogP) is 3.31. The van der Waals surface area contributed by atoms with Gasteiger partial charge < -0.3 is 15.2 Å². The number of unbranched alkanes of at least 4 members (excludes halogenated alkanes) is 1. The highest BCUT2D eigenvalue weighted by Crippen LogP contribution is 2.27. The van der Waals surface area contributed by atoms with Crippen molar-refractivity contribution in [3.05, 3.63) is 29.6 Å². The molecule has 140 valence electrons. The van der Waals surface area contributed by atoms with E-state index in [2.05, 4.69) is 10.3 Å². The van der Waals surface area contributed by atoms with Gasteiger partial charge >= 0.3 is 18.2 Å². The van der Waals surface area contributed by atoms with Crippen molar-refractivity contribution in [3.8, 4) is 0 Å². The molecule has 0 aliphatic heterocycles. The van der Waals surface area contributed by atoms with Gasteiger partial charge in [-0.3, -0.25) is 0 Å². The van der Waals surface area contributed by atoms with Crippen molar-refractivity contribution in [1.82, 2.24) is 10.3 Å². The number of carboxylic acids is 1. The average Bonchev–Trinajstić information content (AvgIpc) is 2.53. The number of halogens is 3. The molecule has 2 N–H and O–H groups in total. The Hall–Kier alpha value is -1.97. The Kier molecular flexibility index (Phi) is 8.53. The van der Waals surface area contributed by atoms with Crippen molar-refractivity contribution in [1.29, 1.82) is 0 Å². The summed E-state index contributed by atoms with van der Waals surface area (Å²) < 4.78 is 42.6. The maximum atomic E-state index is 12.6. The number of alkyl carbamates (subject to hydrolysis) is 1. The van der Waals surface area contributed by atoms with Gasteiger partial charge in [0.05, 0.1) is 12.3 Å². The van der Waals surface area contributed by atoms with E-state index in [1.54, 1.807) is 0 Å². The van der Waals surface area contributed by atoms with Gasteiger partial charge in [-0.05, 0) is 18.6 Å². The van der Waals surface area contributed by atoms with Crippen LogP contribution >= 0.6 is 11.8 Å². The molecule has 0 aliphatic rings. The molecule has 1 amide bonds. The Morgan fingerprint density at radius 2 is 2.12 bits per heavy atom. The normalized spacial score (nSPS) is 12.5. The number of ether oxygens (including phenoxy) is 1. The molecule has 0 radical (unpaired) electrons. The highest BCUT2D eigenvalue weighted by Gasteiger charge is 2.32. The summed E-state index contributed by atoms with van der Waals surface area (Å²) in [6.45, 7) is 2.11. The lowest BCUT2D eigenvalue weighted by Crippen LogP contribution is -2.43. The van der Waals surface area contributed by atoms with Gasteiger partial charge in [-0.25, -0.2) is 14.6 Å². The lowest BCUT2D eigenvalue weighted by Gasteiger charge is -2.14. The fourth-order valence-corrected chi connectivity index (χ4v) is 2.62. The molecule has 1 heterocycles. The number of nitrogens with zero attached hydrogens (tertiary/aromatic N) is 1. The number of carboxylic acid groups (broad SMARTS) is 1. The molecule has 1 rings (SSSR count). The molecule has 0 aromatic carbocycles. The summed E-state index contributed by atoms with van der Waals surface area (Å²) in [7, 11) is 0. The van der Waals surface area contributed by atoms with Crippen LogP contribution in [0.15, 0.2) is 18.2 Å². The number of aromatic nitrogens is 1. The van der Waals surface area contributed by atoms with Crippen LogP contribution < -0.4 is 5.32 Å². The number of hydrogen-bond donors (Lipinski definition) is 2. The van der Waals surface area contributed by atoms with E-state index < -0.39 is 30.0 Å². The third-order valence-electron chi connectivity index (χ3n) is 2.95. The lowest BCUT2D eigenvalue weighted by molar-refractivity contribution is -0.141. The van der Waals surface area contributed by atoms with Crippen LogP contribution in [0.25, 0.3) is 0 Å². The van der Waals surface area contributed by atoms with Crippen LogP contribution in [0.3, 0.4) is 0 Å². The minimum Gasteiger partial charge on any atom is -0.480 e. The van der Waals surface area contributed by atoms with E-state index in [1.807, 2.05) is 6.92 Å². The third kappa shape index (κ3) is 8.10. The smallest absolute Gasteiger partial charge is 0.433 e. The molecule has 1 aromatic heterocycles. The Morgan fingerprint density at radius 1 is 1.40 bits per heavy atom. The fraction of sp³-hybridized carbons (Fsp3) is 0.533. The number of carbonyl (C=O) groups is 2. The van der Waals surface area contributed by atoms with E-state index in [1.165, 1.54) is 12.1 Å². The van der Waals surface area contributed by atoms with Crippen LogP contribution in [-0.4, -0.2) is 40.6 Å². The fourth-order valence-electron chi connectivity index (χ4n) is 1.67. The number of pyridine rings is 1. The van der Waals surface area contributed by atoms with E-state index in [0.29, 0.717) is 6.42 Å². The first-order chi connectivity index (χ1) is 11.7. The average molecular weight is 380 g/mol. The molecule has 0 saturated heterocycles. The molecule has 0 saturated carbocycles. The highest BCUT2D eigenvalue weighted by molar-refractivity contribution is 7.98. The zero-order valence-corrected chi connectivity index (χ0v) is 14.3. The van der Waals surface area contributed by atoms with E-state index in [0.717, 1.165) is 24.2 Å². The number of aliphatic carboxylic acids is 1. The molecular weight excluding hydrogens is 361 g/mol. The maximum absolute atomic E-state index is 12.6. The summed E-state index contributed by atoms with van der Waals surface area (Å²) in [6.07, 6.45) is -3.87. The predicted molar refractivity (Wildman–Crippen MR) is 86.2 cm³/mol. The highest BCUT2D eigenvalue weighted by atomic mass is 32.2. The number of thioether (sulfide) groups is 1. The van der Waals surface area contributed by atoms with Crippen LogP contribution in [0.1, 0.15) is 31.2 Å². The van der Waals surface area contributed by atoms with Gasteiger partial charge in [0.1, 0.15) is 11.7 Å². The molecule has 25 heavy (non-hydrogen) atoms. The van der Waals surface area contributed by atoms with Crippen molar-refractivity contribution >= 4 is 23.8 Å². The van der Waals surface area contributed by atoms with Crippen molar-refractivity contribution in [2.45, 2.75) is 37.7 Å². The Labute approximate surface area is 147 Å². The Morgan fingerprint density at radius 3 is 2.72 bits per heavy atom. The maximum Gasteiger partial charge on any atom is 0.433 e. The zero-order valence-electron chi connectivity index (χ0n) is 13.5. The first-order valence-corrected chi connectivity index (χ1v) is 8.66. The molecule has 0 spiro atoms. The van der Waals surface area contributed by atoms with Crippen molar-refractivity contribution in [3.63, 3.8) is 0 Å². The molecule has 1 aromatic rings. The zero-order chi connectivity index (χ0) is 18.9. The van der Waals surface area contributed by atoms with E-state index in [9.17, 15) is 22.8 Å². The summed E-state index contributed by atoms with van der Waals surface area (Å²) in [5, 5.41) is 11.3. The first-order valence-electron chi connectivity index (χ1n) is 7.51. The topological polar surface area (TPSA) is 88.5 Å². The number of amides is 1. The molecule has 0 bridgehead atoms. The van der Waals surface area contributed by atoms with Crippen LogP contribution in [0, 0.1) is 0 Å². The summed E-state index contributed by atoms with van der Waals surface area (Å²) in [5.41, 5.74) is -0.826. The van der Waals surface area contributed by atoms with Gasteiger partial charge in [0.25, 0.3) is 0 Å². The number of hydrogen-bond acceptors (Lipinski definition) is 5. The van der Waals surface area contributed by atoms with Gasteiger partial charge in [-0.1, -0.05) is 19.4 Å². The van der Waals surface area contributed by atoms with E-state index in [-0.39, 0.29) is 23.8 Å². The van der Waals surface area contributed by atoms with Crippen LogP contribution in [-0.2, 0) is 21.5 Å². The van der Waals surface area contributed by atoms with E-state index >= 15 is 0 Å². The van der Waals surface area contributed by atoms with E-state index in [4.69, 9.17) is 9.84 Å². The molecule has 0 aliphatic carbocycles. The Bertz CT molecular complexity index is 584. The van der Waals surface area contributed by atoms with Gasteiger partial charge in [-0.2, -0.15) is 24.9 Å². The molecule has 0 fully saturated rings. The summed E-state index contributed by atoms with van der Waals surface area (Å²) >= 11 is 1.05. The number of alkyl halides is 3. The molecule has 1 unspecified atom stereocenters. The van der Waals surface area contributed by atoms with Gasteiger partial charge in [0.2, 0.25) is 0 Å². The summed E-state index contributed by atoms with van der Waals surface area (Å²) in [6, 6.07) is 2.32. The van der Waals surface area contributed by atoms with Gasteiger partial charge in [0.15, 0.2) is 0 Å². The third-order valence-corrected chi connectivity index (χ3v) is 4.02. The standard InChI is InChI=1S/C15H19F3N2O4S/c1-2-3-7-24-14(23)20-11(13(21)22)9-25-8-10-5-4-6-12(19-10)15(16,17)18/h4-6,11H,2-3,7-9H2,1H3,(H,20,23)(H,21,22). The largest absolute Gasteiger partial charge is 0.480 e. The van der Waals surface area contributed by atoms with Gasteiger partial charge in [-0.15, -0.1) is 0 Å². The molecule has 6 nitrogen and oxygen atoms in total. The second-order valence-electron chi connectivity index (χ2n) is 5.05. The quantitative estimate of drug-likeness (QED) is 0.639. The van der Waals surface area contributed by atoms with Crippen molar-refractivity contribution in [2.75, 3.05) is 12.4 Å². The van der Waals surface area contributed by atoms with Gasteiger partial charge in [0, 0.05) is 11.5 Å². The van der Waals surface area contributed by atoms with Crippen LogP contribution in [0.4, 0.5) is 18.0 Å². The second-order valence-corrected chi connectivity index (χ2v) is 6.08. The first kappa shape index (κ1) is 21.1. The minimum absolute atomic E-state index is 0.0316. The summed E-state index contributed by atoms with van der Waals surface area (Å²) in [4.78, 5) is 26.1. The number of rotatable bonds is 9. The lowest BCUT2D eigenvalue weighted by atomic mass is 10.3. The molecular formula is C15H19F3N2O4S. The van der Waals surface area contributed by atoms with Crippen molar-refractivity contribution < 1.29 is 32.6 Å². The molecule has 1 atom stereocenters.